The van der Waals surface area contributed by atoms with E-state index in [-0.39, 0.29) is 42.3 Å². The van der Waals surface area contributed by atoms with Crippen molar-refractivity contribution in [3.63, 3.8) is 0 Å². The van der Waals surface area contributed by atoms with Crippen LogP contribution in [0.4, 0.5) is 5.69 Å². The molecular formula is C34H29N5O6S. The fraction of sp³-hybridized carbons (Fsp3) is 0.206. The SMILES string of the molecule is C[C@@H]1[C@H](CSc2nnnn2-c2ccc(O)cc2)O[C@H](c2ccc(N3C(=O)c4ccccc4C3=O)cc2)O[C@@H]1c1ccc(CO)cc1. The zero-order valence-electron chi connectivity index (χ0n) is 24.6. The molecule has 0 spiro atoms. The van der Waals surface area contributed by atoms with E-state index < -0.39 is 6.29 Å². The molecule has 7 rings (SSSR count). The van der Waals surface area contributed by atoms with Gasteiger partial charge in [0.25, 0.3) is 11.8 Å². The molecule has 4 atom stereocenters. The summed E-state index contributed by atoms with van der Waals surface area (Å²) < 4.78 is 14.7. The van der Waals surface area contributed by atoms with Crippen LogP contribution in [0, 0.1) is 5.92 Å². The molecule has 0 saturated carbocycles. The number of amides is 2. The molecule has 2 N–H and O–H groups in total. The monoisotopic (exact) mass is 635 g/mol. The normalized spacial score (nSPS) is 21.0. The fourth-order valence-corrected chi connectivity index (χ4v) is 6.75. The van der Waals surface area contributed by atoms with E-state index >= 15 is 0 Å². The molecular weight excluding hydrogens is 606 g/mol. The van der Waals surface area contributed by atoms with Crippen molar-refractivity contribution in [2.45, 2.75) is 37.2 Å². The number of ether oxygens (including phenoxy) is 2. The number of thioether (sulfide) groups is 1. The van der Waals surface area contributed by atoms with Gasteiger partial charge >= 0.3 is 0 Å². The number of phenols is 1. The molecule has 2 amide bonds. The number of aliphatic hydroxyl groups excluding tert-OH is 1. The minimum atomic E-state index is -0.742. The number of tetrazole rings is 1. The van der Waals surface area contributed by atoms with Gasteiger partial charge in [-0.25, -0.2) is 4.90 Å². The van der Waals surface area contributed by atoms with Crippen LogP contribution >= 0.6 is 11.8 Å². The molecule has 0 aliphatic carbocycles. The van der Waals surface area contributed by atoms with E-state index in [1.807, 2.05) is 24.3 Å². The van der Waals surface area contributed by atoms with E-state index in [0.717, 1.165) is 16.7 Å². The molecule has 0 radical (unpaired) electrons. The number of rotatable bonds is 8. The Hall–Kier alpha value is -4.88. The number of carbonyl (C=O) groups is 2. The second-order valence-corrected chi connectivity index (χ2v) is 12.1. The Bertz CT molecular complexity index is 1840. The molecule has 11 nitrogen and oxygen atoms in total. The maximum Gasteiger partial charge on any atom is 0.266 e. The summed E-state index contributed by atoms with van der Waals surface area (Å²) in [5.41, 5.74) is 4.43. The molecule has 232 valence electrons. The average molecular weight is 636 g/mol. The van der Waals surface area contributed by atoms with Crippen LogP contribution in [0.5, 0.6) is 5.75 Å². The minimum absolute atomic E-state index is 0.0540. The summed E-state index contributed by atoms with van der Waals surface area (Å²) in [5.74, 6) is -0.121. The van der Waals surface area contributed by atoms with E-state index in [4.69, 9.17) is 9.47 Å². The predicted molar refractivity (Wildman–Crippen MR) is 169 cm³/mol. The average Bonchev–Trinajstić information content (AvgIpc) is 3.66. The molecule has 46 heavy (non-hydrogen) atoms. The number of carbonyl (C=O) groups excluding carboxylic acids is 2. The minimum Gasteiger partial charge on any atom is -0.508 e. The highest BCUT2D eigenvalue weighted by molar-refractivity contribution is 7.99. The molecule has 1 saturated heterocycles. The lowest BCUT2D eigenvalue weighted by molar-refractivity contribution is -0.268. The highest BCUT2D eigenvalue weighted by Crippen LogP contribution is 2.43. The van der Waals surface area contributed by atoms with Crippen molar-refractivity contribution >= 4 is 29.3 Å². The Labute approximate surface area is 268 Å². The van der Waals surface area contributed by atoms with Crippen LogP contribution < -0.4 is 4.90 Å². The van der Waals surface area contributed by atoms with Crippen molar-refractivity contribution in [3.05, 3.63) is 125 Å². The van der Waals surface area contributed by atoms with Crippen molar-refractivity contribution in [2.24, 2.45) is 5.92 Å². The third-order valence-electron chi connectivity index (χ3n) is 8.25. The van der Waals surface area contributed by atoms with Gasteiger partial charge in [-0.1, -0.05) is 67.2 Å². The first-order valence-corrected chi connectivity index (χ1v) is 15.7. The van der Waals surface area contributed by atoms with Gasteiger partial charge in [0.2, 0.25) is 5.16 Å². The first-order valence-electron chi connectivity index (χ1n) is 14.7. The van der Waals surface area contributed by atoms with E-state index in [2.05, 4.69) is 22.4 Å². The van der Waals surface area contributed by atoms with E-state index in [9.17, 15) is 19.8 Å². The first-order chi connectivity index (χ1) is 22.4. The lowest BCUT2D eigenvalue weighted by atomic mass is 9.91. The molecule has 1 aromatic heterocycles. The molecule has 2 aliphatic rings. The number of hydrogen-bond donors (Lipinski definition) is 2. The zero-order valence-corrected chi connectivity index (χ0v) is 25.4. The Kier molecular flexibility index (Phi) is 8.09. The molecule has 2 aliphatic heterocycles. The van der Waals surface area contributed by atoms with Gasteiger partial charge in [-0.05, 0) is 70.1 Å². The molecule has 3 heterocycles. The molecule has 5 aromatic rings. The Morgan fingerprint density at radius 3 is 2.09 bits per heavy atom. The topological polar surface area (TPSA) is 140 Å². The van der Waals surface area contributed by atoms with Gasteiger partial charge in [0.1, 0.15) is 5.75 Å². The highest BCUT2D eigenvalue weighted by Gasteiger charge is 2.40. The summed E-state index contributed by atoms with van der Waals surface area (Å²) in [6.07, 6.45) is -1.36. The van der Waals surface area contributed by atoms with Crippen LogP contribution in [0.2, 0.25) is 0 Å². The van der Waals surface area contributed by atoms with Crippen molar-refractivity contribution in [3.8, 4) is 11.4 Å². The summed E-state index contributed by atoms with van der Waals surface area (Å²) in [4.78, 5) is 27.2. The van der Waals surface area contributed by atoms with Crippen LogP contribution in [0.3, 0.4) is 0 Å². The maximum absolute atomic E-state index is 13.0. The van der Waals surface area contributed by atoms with Crippen molar-refractivity contribution in [1.29, 1.82) is 0 Å². The number of aromatic hydroxyl groups is 1. The van der Waals surface area contributed by atoms with Gasteiger partial charge in [0.05, 0.1) is 41.3 Å². The summed E-state index contributed by atoms with van der Waals surface area (Å²) in [6.45, 7) is 2.02. The standard InChI is InChI=1S/C34H29N5O6S/c1-20-29(19-46-34-35-36-37-39(34)25-14-16-26(41)17-15-25)44-33(45-30(20)22-8-6-21(18-40)7-9-22)23-10-12-24(13-11-23)38-31(42)27-4-2-3-5-28(27)32(38)43/h2-17,20,29-30,33,40-41H,18-19H2,1H3/t20-,29+,30+,33+/m1/s1. The number of fused-ring (bicyclic) bond motifs is 1. The second-order valence-electron chi connectivity index (χ2n) is 11.1. The van der Waals surface area contributed by atoms with Crippen LogP contribution in [0.25, 0.3) is 5.69 Å². The Morgan fingerprint density at radius 1 is 0.804 bits per heavy atom. The molecule has 4 aromatic carbocycles. The van der Waals surface area contributed by atoms with Gasteiger partial charge < -0.3 is 19.7 Å². The number of nitrogens with zero attached hydrogens (tertiary/aromatic N) is 5. The summed E-state index contributed by atoms with van der Waals surface area (Å²) >= 11 is 1.45. The maximum atomic E-state index is 13.0. The number of aliphatic hydroxyl groups is 1. The third-order valence-corrected chi connectivity index (χ3v) is 9.26. The summed E-state index contributed by atoms with van der Waals surface area (Å²) in [6, 6.07) is 28.1. The number of anilines is 1. The zero-order chi connectivity index (χ0) is 31.8. The third kappa shape index (κ3) is 5.56. The molecule has 1 fully saturated rings. The number of imide groups is 1. The van der Waals surface area contributed by atoms with Crippen molar-refractivity contribution < 1.29 is 29.3 Å². The number of benzene rings is 4. The quantitative estimate of drug-likeness (QED) is 0.172. The van der Waals surface area contributed by atoms with Gasteiger partial charge in [-0.15, -0.1) is 5.10 Å². The smallest absolute Gasteiger partial charge is 0.266 e. The number of aromatic nitrogens is 4. The number of hydrogen-bond acceptors (Lipinski definition) is 10. The van der Waals surface area contributed by atoms with Gasteiger partial charge in [0, 0.05) is 17.2 Å². The second kappa shape index (κ2) is 12.5. The van der Waals surface area contributed by atoms with E-state index in [0.29, 0.717) is 33.4 Å². The van der Waals surface area contributed by atoms with Crippen molar-refractivity contribution in [1.82, 2.24) is 20.2 Å². The Balaban J connectivity index is 1.14. The lowest BCUT2D eigenvalue weighted by Crippen LogP contribution is -2.38. The van der Waals surface area contributed by atoms with Crippen molar-refractivity contribution in [2.75, 3.05) is 10.7 Å². The van der Waals surface area contributed by atoms with Crippen LogP contribution in [0.1, 0.15) is 56.7 Å². The molecule has 12 heteroatoms. The summed E-state index contributed by atoms with van der Waals surface area (Å²) in [7, 11) is 0. The van der Waals surface area contributed by atoms with Crippen LogP contribution in [0.15, 0.2) is 102 Å². The van der Waals surface area contributed by atoms with E-state index in [1.54, 1.807) is 77.5 Å². The van der Waals surface area contributed by atoms with Gasteiger partial charge in [-0.2, -0.15) is 4.68 Å². The first kappa shape index (κ1) is 29.8. The summed E-state index contributed by atoms with van der Waals surface area (Å²) in [5, 5.41) is 32.0. The lowest BCUT2D eigenvalue weighted by Gasteiger charge is -2.41. The largest absolute Gasteiger partial charge is 0.508 e. The van der Waals surface area contributed by atoms with E-state index in [1.165, 1.54) is 16.7 Å². The molecule has 0 bridgehead atoms. The van der Waals surface area contributed by atoms with Gasteiger partial charge in [-0.3, -0.25) is 9.59 Å². The van der Waals surface area contributed by atoms with Gasteiger partial charge in [0.15, 0.2) is 6.29 Å². The Morgan fingerprint density at radius 2 is 1.43 bits per heavy atom. The molecule has 0 unspecified atom stereocenters. The fourth-order valence-electron chi connectivity index (χ4n) is 5.70. The van der Waals surface area contributed by atoms with Crippen LogP contribution in [-0.4, -0.2) is 54.1 Å². The highest BCUT2D eigenvalue weighted by atomic mass is 32.2. The van der Waals surface area contributed by atoms with Crippen LogP contribution in [-0.2, 0) is 16.1 Å². The number of phenolic OH excluding ortho intramolecular Hbond substituents is 1. The predicted octanol–water partition coefficient (Wildman–Crippen LogP) is 5.24.